The van der Waals surface area contributed by atoms with E-state index in [2.05, 4.69) is 155 Å². The average Bonchev–Trinajstić information content (AvgIpc) is 3.58. The van der Waals surface area contributed by atoms with Crippen molar-refractivity contribution in [2.24, 2.45) is 0 Å². The first-order valence-corrected chi connectivity index (χ1v) is 16.7. The maximum atomic E-state index is 6.51. The lowest BCUT2D eigenvalue weighted by Crippen LogP contribution is -2.41. The van der Waals surface area contributed by atoms with E-state index in [0.29, 0.717) is 0 Å². The average molecular weight is 615 g/mol. The van der Waals surface area contributed by atoms with Crippen LogP contribution in [0.2, 0.25) is 0 Å². The van der Waals surface area contributed by atoms with Crippen molar-refractivity contribution in [3.63, 3.8) is 0 Å². The second kappa shape index (κ2) is 11.3. The van der Waals surface area contributed by atoms with Gasteiger partial charge in [0.25, 0.3) is 0 Å². The van der Waals surface area contributed by atoms with E-state index in [0.717, 1.165) is 51.4 Å². The SMILES string of the molecule is CC1(C)OB(c2cccc3oc4ccc(-c5cccc(C(C6=CCCC=C6)(c6ccccc6)c6ccccc6)c5)cc4c23)OC1(C)C. The summed E-state index contributed by atoms with van der Waals surface area (Å²) >= 11 is 0. The Balaban J connectivity index is 1.31. The van der Waals surface area contributed by atoms with Gasteiger partial charge in [-0.15, -0.1) is 0 Å². The van der Waals surface area contributed by atoms with Crippen molar-refractivity contribution in [2.75, 3.05) is 0 Å². The van der Waals surface area contributed by atoms with Gasteiger partial charge in [0.05, 0.1) is 16.6 Å². The molecule has 0 radical (unpaired) electrons. The van der Waals surface area contributed by atoms with E-state index in [1.54, 1.807) is 0 Å². The predicted octanol–water partition coefficient (Wildman–Crippen LogP) is 10.2. The van der Waals surface area contributed by atoms with Crippen LogP contribution in [0.5, 0.6) is 0 Å². The van der Waals surface area contributed by atoms with Gasteiger partial charge in [0.2, 0.25) is 0 Å². The van der Waals surface area contributed by atoms with Crippen LogP contribution in [0.25, 0.3) is 33.1 Å². The molecule has 0 unspecified atom stereocenters. The van der Waals surface area contributed by atoms with Gasteiger partial charge in [-0.3, -0.25) is 0 Å². The first-order valence-electron chi connectivity index (χ1n) is 16.7. The highest BCUT2D eigenvalue weighted by Gasteiger charge is 2.52. The Labute approximate surface area is 277 Å². The standard InChI is InChI=1S/C43H39BO3/c1-41(2)42(3,4)47-44(46-41)37-24-15-25-39-40(37)36-29-31(26-27-38(36)45-39)30-16-14-23-35(28-30)43(32-17-8-5-9-18-32,33-19-10-6-11-20-33)34-21-12-7-13-22-34/h5-6,8-12,14-29H,7,13H2,1-4H3. The van der Waals surface area contributed by atoms with Crippen LogP contribution in [-0.4, -0.2) is 18.3 Å². The lowest BCUT2D eigenvalue weighted by Gasteiger charge is -2.38. The number of benzene rings is 5. The fraction of sp³-hybridized carbons (Fsp3) is 0.209. The lowest BCUT2D eigenvalue weighted by molar-refractivity contribution is 0.00578. The number of hydrogen-bond donors (Lipinski definition) is 0. The first kappa shape index (κ1) is 29.7. The molecule has 3 nitrogen and oxygen atoms in total. The maximum Gasteiger partial charge on any atom is 0.495 e. The molecule has 2 heterocycles. The smallest absolute Gasteiger partial charge is 0.456 e. The zero-order valence-electron chi connectivity index (χ0n) is 27.5. The van der Waals surface area contributed by atoms with Gasteiger partial charge < -0.3 is 13.7 Å². The summed E-state index contributed by atoms with van der Waals surface area (Å²) in [6, 6.07) is 43.7. The third-order valence-electron chi connectivity index (χ3n) is 10.5. The number of hydrogen-bond acceptors (Lipinski definition) is 3. The fourth-order valence-electron chi connectivity index (χ4n) is 7.40. The van der Waals surface area contributed by atoms with Gasteiger partial charge in [-0.05, 0) is 104 Å². The molecule has 1 aromatic heterocycles. The quantitative estimate of drug-likeness (QED) is 0.138. The van der Waals surface area contributed by atoms with Gasteiger partial charge in [-0.2, -0.15) is 0 Å². The van der Waals surface area contributed by atoms with Crippen LogP contribution >= 0.6 is 0 Å². The highest BCUT2D eigenvalue weighted by molar-refractivity contribution is 6.66. The Morgan fingerprint density at radius 3 is 1.89 bits per heavy atom. The third-order valence-corrected chi connectivity index (χ3v) is 10.5. The summed E-state index contributed by atoms with van der Waals surface area (Å²) in [6.07, 6.45) is 9.16. The summed E-state index contributed by atoms with van der Waals surface area (Å²) in [6.45, 7) is 8.37. The minimum atomic E-state index is -0.481. The lowest BCUT2D eigenvalue weighted by atomic mass is 9.63. The summed E-state index contributed by atoms with van der Waals surface area (Å²) in [5, 5.41) is 2.10. The normalized spacial score (nSPS) is 17.4. The van der Waals surface area contributed by atoms with Crippen LogP contribution in [-0.2, 0) is 14.7 Å². The Bertz CT molecular complexity index is 2100. The largest absolute Gasteiger partial charge is 0.495 e. The van der Waals surface area contributed by atoms with Crippen LogP contribution in [0.15, 0.2) is 150 Å². The maximum absolute atomic E-state index is 6.51. The summed E-state index contributed by atoms with van der Waals surface area (Å²) in [4.78, 5) is 0. The van der Waals surface area contributed by atoms with E-state index in [1.807, 2.05) is 12.1 Å². The third kappa shape index (κ3) is 4.82. The van der Waals surface area contributed by atoms with Crippen molar-refractivity contribution >= 4 is 34.5 Å². The molecule has 6 aromatic rings. The van der Waals surface area contributed by atoms with Gasteiger partial charge in [0.15, 0.2) is 0 Å². The highest BCUT2D eigenvalue weighted by Crippen LogP contribution is 2.48. The molecule has 2 aliphatic rings. The Kier molecular flexibility index (Phi) is 7.13. The molecule has 0 spiro atoms. The molecule has 1 saturated heterocycles. The minimum absolute atomic E-state index is 0.433. The molecular formula is C43H39BO3. The molecule has 0 atom stereocenters. The highest BCUT2D eigenvalue weighted by atomic mass is 16.7. The molecule has 1 aliphatic carbocycles. The Hall–Kier alpha value is -4.64. The summed E-state index contributed by atoms with van der Waals surface area (Å²) < 4.78 is 19.4. The predicted molar refractivity (Wildman–Crippen MR) is 194 cm³/mol. The Morgan fingerprint density at radius 1 is 0.596 bits per heavy atom. The summed E-state index contributed by atoms with van der Waals surface area (Å²) in [5.74, 6) is 0. The second-order valence-corrected chi connectivity index (χ2v) is 13.8. The molecule has 1 aliphatic heterocycles. The molecule has 0 amide bonds. The van der Waals surface area contributed by atoms with Crippen molar-refractivity contribution in [3.8, 4) is 11.1 Å². The van der Waals surface area contributed by atoms with Crippen LogP contribution in [0.3, 0.4) is 0 Å². The molecule has 232 valence electrons. The van der Waals surface area contributed by atoms with Crippen molar-refractivity contribution in [3.05, 3.63) is 162 Å². The molecule has 0 saturated carbocycles. The van der Waals surface area contributed by atoms with Crippen LogP contribution in [0.4, 0.5) is 0 Å². The number of allylic oxidation sites excluding steroid dienone is 4. The molecule has 0 N–H and O–H groups in total. The number of rotatable bonds is 6. The monoisotopic (exact) mass is 614 g/mol. The van der Waals surface area contributed by atoms with Crippen molar-refractivity contribution in [2.45, 2.75) is 57.2 Å². The Morgan fingerprint density at radius 2 is 1.23 bits per heavy atom. The zero-order valence-corrected chi connectivity index (χ0v) is 27.5. The van der Waals surface area contributed by atoms with Crippen LogP contribution in [0.1, 0.15) is 57.2 Å². The van der Waals surface area contributed by atoms with Gasteiger partial charge >= 0.3 is 7.12 Å². The molecule has 8 rings (SSSR count). The second-order valence-electron chi connectivity index (χ2n) is 13.8. The van der Waals surface area contributed by atoms with Gasteiger partial charge in [-0.25, -0.2) is 0 Å². The molecular weight excluding hydrogens is 575 g/mol. The van der Waals surface area contributed by atoms with Crippen LogP contribution < -0.4 is 5.46 Å². The molecule has 1 fully saturated rings. The van der Waals surface area contributed by atoms with Gasteiger partial charge in [0.1, 0.15) is 11.2 Å². The van der Waals surface area contributed by atoms with E-state index >= 15 is 0 Å². The minimum Gasteiger partial charge on any atom is -0.456 e. The van der Waals surface area contributed by atoms with Crippen molar-refractivity contribution < 1.29 is 13.7 Å². The van der Waals surface area contributed by atoms with Gasteiger partial charge in [0, 0.05) is 10.8 Å². The van der Waals surface area contributed by atoms with E-state index in [-0.39, 0.29) is 0 Å². The van der Waals surface area contributed by atoms with E-state index in [9.17, 15) is 0 Å². The molecule has 47 heavy (non-hydrogen) atoms. The number of furan rings is 1. The zero-order chi connectivity index (χ0) is 32.2. The van der Waals surface area contributed by atoms with Crippen LogP contribution in [0, 0.1) is 0 Å². The first-order chi connectivity index (χ1) is 22.8. The van der Waals surface area contributed by atoms with E-state index in [1.165, 1.54) is 22.3 Å². The van der Waals surface area contributed by atoms with Crippen molar-refractivity contribution in [1.82, 2.24) is 0 Å². The molecule has 4 heteroatoms. The topological polar surface area (TPSA) is 31.6 Å². The molecule has 0 bridgehead atoms. The molecule has 5 aromatic carbocycles. The van der Waals surface area contributed by atoms with Crippen molar-refractivity contribution in [1.29, 1.82) is 0 Å². The number of fused-ring (bicyclic) bond motifs is 3. The van der Waals surface area contributed by atoms with E-state index in [4.69, 9.17) is 13.7 Å². The summed E-state index contributed by atoms with van der Waals surface area (Å²) in [7, 11) is -0.481. The van der Waals surface area contributed by atoms with Gasteiger partial charge in [-0.1, -0.05) is 115 Å². The summed E-state index contributed by atoms with van der Waals surface area (Å²) in [5.41, 5.74) is 8.69. The fourth-order valence-corrected chi connectivity index (χ4v) is 7.40. The van der Waals surface area contributed by atoms with E-state index < -0.39 is 23.7 Å².